The standard InChI is InChI=1S/C5H10N2O2/c1-2-9-5(8)3-7-4-6/h4H,2-3H2,1H3,(H2,6,7). The van der Waals surface area contributed by atoms with E-state index in [0.29, 0.717) is 6.61 Å². The van der Waals surface area contributed by atoms with Crippen molar-refractivity contribution >= 4 is 12.3 Å². The van der Waals surface area contributed by atoms with Crippen LogP contribution in [-0.4, -0.2) is 25.5 Å². The Morgan fingerprint density at radius 2 is 2.56 bits per heavy atom. The van der Waals surface area contributed by atoms with Gasteiger partial charge in [-0.1, -0.05) is 0 Å². The van der Waals surface area contributed by atoms with Crippen molar-refractivity contribution in [3.63, 3.8) is 0 Å². The molecule has 0 aromatic rings. The highest BCUT2D eigenvalue weighted by molar-refractivity contribution is 5.73. The summed E-state index contributed by atoms with van der Waals surface area (Å²) in [5, 5.41) is 0. The number of ether oxygens (including phenoxy) is 1. The Hall–Kier alpha value is -1.06. The van der Waals surface area contributed by atoms with Gasteiger partial charge in [-0.3, -0.25) is 9.79 Å². The molecule has 0 amide bonds. The van der Waals surface area contributed by atoms with E-state index < -0.39 is 0 Å². The molecule has 0 aromatic heterocycles. The number of carbonyl (C=O) groups is 1. The van der Waals surface area contributed by atoms with Crippen molar-refractivity contribution in [3.05, 3.63) is 0 Å². The van der Waals surface area contributed by atoms with Gasteiger partial charge >= 0.3 is 5.97 Å². The first-order valence-electron chi connectivity index (χ1n) is 2.67. The molecule has 4 nitrogen and oxygen atoms in total. The van der Waals surface area contributed by atoms with Gasteiger partial charge in [-0.25, -0.2) is 0 Å². The van der Waals surface area contributed by atoms with Crippen molar-refractivity contribution in [2.24, 2.45) is 10.7 Å². The fourth-order valence-electron chi connectivity index (χ4n) is 0.334. The molecule has 9 heavy (non-hydrogen) atoms. The predicted molar refractivity (Wildman–Crippen MR) is 34.2 cm³/mol. The molecule has 2 N–H and O–H groups in total. The molecule has 0 aliphatic carbocycles. The summed E-state index contributed by atoms with van der Waals surface area (Å²) in [5.41, 5.74) is 4.87. The van der Waals surface area contributed by atoms with Crippen LogP contribution in [-0.2, 0) is 9.53 Å². The van der Waals surface area contributed by atoms with Crippen LogP contribution in [0, 0.1) is 0 Å². The van der Waals surface area contributed by atoms with E-state index in [4.69, 9.17) is 5.73 Å². The number of hydrogen-bond donors (Lipinski definition) is 1. The Labute approximate surface area is 53.7 Å². The van der Waals surface area contributed by atoms with Crippen molar-refractivity contribution in [1.82, 2.24) is 0 Å². The molecule has 0 unspecified atom stereocenters. The number of nitrogens with two attached hydrogens (primary N) is 1. The number of hydrogen-bond acceptors (Lipinski definition) is 3. The largest absolute Gasteiger partial charge is 0.465 e. The van der Waals surface area contributed by atoms with Crippen LogP contribution in [0.25, 0.3) is 0 Å². The summed E-state index contributed by atoms with van der Waals surface area (Å²) in [6.07, 6.45) is 1.08. The number of esters is 1. The van der Waals surface area contributed by atoms with Crippen LogP contribution >= 0.6 is 0 Å². The second-order valence-corrected chi connectivity index (χ2v) is 1.29. The van der Waals surface area contributed by atoms with E-state index in [9.17, 15) is 4.79 Å². The first kappa shape index (κ1) is 7.94. The summed E-state index contributed by atoms with van der Waals surface area (Å²) >= 11 is 0. The molecule has 0 aliphatic rings. The number of carbonyl (C=O) groups excluding carboxylic acids is 1. The molecule has 0 fully saturated rings. The molecule has 0 rings (SSSR count). The van der Waals surface area contributed by atoms with Gasteiger partial charge < -0.3 is 10.5 Å². The monoisotopic (exact) mass is 130 g/mol. The summed E-state index contributed by atoms with van der Waals surface area (Å²) in [7, 11) is 0. The SMILES string of the molecule is CCOC(=O)CN=CN. The van der Waals surface area contributed by atoms with E-state index in [1.54, 1.807) is 6.92 Å². The highest BCUT2D eigenvalue weighted by Gasteiger charge is 1.95. The van der Waals surface area contributed by atoms with Crippen molar-refractivity contribution in [1.29, 1.82) is 0 Å². The summed E-state index contributed by atoms with van der Waals surface area (Å²) in [5.74, 6) is -0.348. The highest BCUT2D eigenvalue weighted by atomic mass is 16.5. The molecule has 0 aromatic carbocycles. The maximum Gasteiger partial charge on any atom is 0.327 e. The first-order chi connectivity index (χ1) is 4.31. The predicted octanol–water partition coefficient (Wildman–Crippen LogP) is -0.463. The van der Waals surface area contributed by atoms with E-state index in [1.165, 1.54) is 0 Å². The average Bonchev–Trinajstić information content (AvgIpc) is 1.85. The Bertz CT molecular complexity index is 112. The lowest BCUT2D eigenvalue weighted by molar-refractivity contribution is -0.141. The molecule has 0 saturated heterocycles. The van der Waals surface area contributed by atoms with Gasteiger partial charge in [0.05, 0.1) is 12.9 Å². The van der Waals surface area contributed by atoms with E-state index in [2.05, 4.69) is 9.73 Å². The number of rotatable bonds is 3. The van der Waals surface area contributed by atoms with Crippen LogP contribution in [0.5, 0.6) is 0 Å². The topological polar surface area (TPSA) is 64.7 Å². The lowest BCUT2D eigenvalue weighted by atomic mass is 10.7. The lowest BCUT2D eigenvalue weighted by Crippen LogP contribution is -2.08. The fourth-order valence-corrected chi connectivity index (χ4v) is 0.334. The molecule has 0 atom stereocenters. The second-order valence-electron chi connectivity index (χ2n) is 1.29. The second kappa shape index (κ2) is 5.08. The van der Waals surface area contributed by atoms with Crippen molar-refractivity contribution in [3.8, 4) is 0 Å². The van der Waals surface area contributed by atoms with Crippen molar-refractivity contribution in [2.45, 2.75) is 6.92 Å². The molecule has 0 bridgehead atoms. The van der Waals surface area contributed by atoms with Gasteiger partial charge in [-0.05, 0) is 6.92 Å². The van der Waals surface area contributed by atoms with Crippen LogP contribution < -0.4 is 5.73 Å². The lowest BCUT2D eigenvalue weighted by Gasteiger charge is -1.94. The van der Waals surface area contributed by atoms with Gasteiger partial charge in [-0.2, -0.15) is 0 Å². The smallest absolute Gasteiger partial charge is 0.327 e. The van der Waals surface area contributed by atoms with E-state index >= 15 is 0 Å². The van der Waals surface area contributed by atoms with Crippen LogP contribution in [0.4, 0.5) is 0 Å². The van der Waals surface area contributed by atoms with Gasteiger partial charge in [-0.15, -0.1) is 0 Å². The van der Waals surface area contributed by atoms with Gasteiger partial charge in [0, 0.05) is 0 Å². The zero-order valence-corrected chi connectivity index (χ0v) is 5.33. The number of nitrogens with zero attached hydrogens (tertiary/aromatic N) is 1. The van der Waals surface area contributed by atoms with Gasteiger partial charge in [0.1, 0.15) is 6.54 Å². The van der Waals surface area contributed by atoms with E-state index in [-0.39, 0.29) is 12.5 Å². The summed E-state index contributed by atoms with van der Waals surface area (Å²) in [6.45, 7) is 2.15. The van der Waals surface area contributed by atoms with Gasteiger partial charge in [0.15, 0.2) is 0 Å². The Kier molecular flexibility index (Phi) is 4.49. The Morgan fingerprint density at radius 1 is 1.89 bits per heavy atom. The van der Waals surface area contributed by atoms with Crippen molar-refractivity contribution < 1.29 is 9.53 Å². The molecule has 4 heteroatoms. The molecular formula is C5H10N2O2. The molecule has 0 heterocycles. The molecule has 52 valence electrons. The van der Waals surface area contributed by atoms with E-state index in [1.807, 2.05) is 0 Å². The maximum absolute atomic E-state index is 10.4. The van der Waals surface area contributed by atoms with Crippen LogP contribution in [0.15, 0.2) is 4.99 Å². The Balaban J connectivity index is 3.27. The number of aliphatic imine (C=N–C) groups is 1. The minimum Gasteiger partial charge on any atom is -0.465 e. The fraction of sp³-hybridized carbons (Fsp3) is 0.600. The van der Waals surface area contributed by atoms with Gasteiger partial charge in [0.25, 0.3) is 0 Å². The quantitative estimate of drug-likeness (QED) is 0.319. The summed E-state index contributed by atoms with van der Waals surface area (Å²) in [6, 6.07) is 0. The third kappa shape index (κ3) is 4.80. The minimum atomic E-state index is -0.348. The normalized spacial score (nSPS) is 9.89. The average molecular weight is 130 g/mol. The summed E-state index contributed by atoms with van der Waals surface area (Å²) < 4.78 is 4.54. The molecule has 0 radical (unpaired) electrons. The van der Waals surface area contributed by atoms with Crippen LogP contribution in [0.1, 0.15) is 6.92 Å². The Morgan fingerprint density at radius 3 is 3.00 bits per heavy atom. The van der Waals surface area contributed by atoms with Crippen molar-refractivity contribution in [2.75, 3.05) is 13.2 Å². The molecular weight excluding hydrogens is 120 g/mol. The highest BCUT2D eigenvalue weighted by Crippen LogP contribution is 1.76. The van der Waals surface area contributed by atoms with Gasteiger partial charge in [0.2, 0.25) is 0 Å². The summed E-state index contributed by atoms with van der Waals surface area (Å²) in [4.78, 5) is 13.9. The zero-order valence-electron chi connectivity index (χ0n) is 5.33. The molecule has 0 aliphatic heterocycles. The van der Waals surface area contributed by atoms with Crippen LogP contribution in [0.3, 0.4) is 0 Å². The maximum atomic E-state index is 10.4. The first-order valence-corrected chi connectivity index (χ1v) is 2.67. The minimum absolute atomic E-state index is 0.0182. The molecule has 0 saturated carbocycles. The molecule has 0 spiro atoms. The third-order valence-electron chi connectivity index (χ3n) is 0.631. The van der Waals surface area contributed by atoms with E-state index in [0.717, 1.165) is 6.34 Å². The van der Waals surface area contributed by atoms with Crippen LogP contribution in [0.2, 0.25) is 0 Å². The zero-order chi connectivity index (χ0) is 7.11. The third-order valence-corrected chi connectivity index (χ3v) is 0.631.